The standard InChI is InChI=1S/C11H15N3/c1-7(2)11-13-10(12)9-6-4-5-8(3)14(9)11/h4-7H,12H2,1-3H3. The molecule has 2 rings (SSSR count). The molecule has 0 aliphatic rings. The number of imidazole rings is 1. The third-order valence-corrected chi connectivity index (χ3v) is 2.43. The molecule has 2 heterocycles. The van der Waals surface area contributed by atoms with Gasteiger partial charge in [0.1, 0.15) is 11.6 Å². The minimum Gasteiger partial charge on any atom is -0.382 e. The van der Waals surface area contributed by atoms with Gasteiger partial charge in [0, 0.05) is 11.6 Å². The van der Waals surface area contributed by atoms with Crippen molar-refractivity contribution in [2.45, 2.75) is 26.7 Å². The normalized spacial score (nSPS) is 11.4. The molecule has 0 unspecified atom stereocenters. The number of nitrogens with zero attached hydrogens (tertiary/aromatic N) is 2. The van der Waals surface area contributed by atoms with Crippen LogP contribution in [0.1, 0.15) is 31.3 Å². The van der Waals surface area contributed by atoms with Crippen molar-refractivity contribution in [2.24, 2.45) is 0 Å². The van der Waals surface area contributed by atoms with E-state index in [0.717, 1.165) is 11.3 Å². The number of aromatic nitrogens is 2. The lowest BCUT2D eigenvalue weighted by molar-refractivity contribution is 0.763. The quantitative estimate of drug-likeness (QED) is 0.748. The Hall–Kier alpha value is -1.51. The van der Waals surface area contributed by atoms with E-state index in [4.69, 9.17) is 5.73 Å². The highest BCUT2D eigenvalue weighted by atomic mass is 15.1. The average molecular weight is 189 g/mol. The largest absolute Gasteiger partial charge is 0.382 e. The fraction of sp³-hybridized carbons (Fsp3) is 0.364. The third kappa shape index (κ3) is 1.16. The summed E-state index contributed by atoms with van der Waals surface area (Å²) >= 11 is 0. The van der Waals surface area contributed by atoms with Crippen LogP contribution in [-0.4, -0.2) is 9.38 Å². The smallest absolute Gasteiger partial charge is 0.149 e. The fourth-order valence-corrected chi connectivity index (χ4v) is 1.74. The minimum absolute atomic E-state index is 0.390. The number of fused-ring (bicyclic) bond motifs is 1. The molecule has 0 spiro atoms. The van der Waals surface area contributed by atoms with Crippen LogP contribution >= 0.6 is 0 Å². The van der Waals surface area contributed by atoms with E-state index in [0.29, 0.717) is 11.7 Å². The van der Waals surface area contributed by atoms with Gasteiger partial charge in [-0.2, -0.15) is 0 Å². The number of aryl methyl sites for hydroxylation is 1. The first-order chi connectivity index (χ1) is 6.61. The predicted octanol–water partition coefficient (Wildman–Crippen LogP) is 2.35. The Labute approximate surface area is 83.6 Å². The van der Waals surface area contributed by atoms with Crippen LogP contribution in [0.15, 0.2) is 18.2 Å². The molecule has 0 saturated heterocycles. The molecule has 0 bridgehead atoms. The van der Waals surface area contributed by atoms with Crippen LogP contribution in [0.4, 0.5) is 5.82 Å². The molecule has 0 aliphatic carbocycles. The van der Waals surface area contributed by atoms with Gasteiger partial charge in [-0.25, -0.2) is 4.98 Å². The first kappa shape index (κ1) is 9.06. The van der Waals surface area contributed by atoms with E-state index in [9.17, 15) is 0 Å². The number of anilines is 1. The molecule has 0 fully saturated rings. The number of nitrogens with two attached hydrogens (primary N) is 1. The zero-order valence-electron chi connectivity index (χ0n) is 8.78. The molecule has 14 heavy (non-hydrogen) atoms. The third-order valence-electron chi connectivity index (χ3n) is 2.43. The van der Waals surface area contributed by atoms with Gasteiger partial charge in [-0.3, -0.25) is 4.40 Å². The van der Waals surface area contributed by atoms with Gasteiger partial charge in [-0.1, -0.05) is 19.9 Å². The highest BCUT2D eigenvalue weighted by Gasteiger charge is 2.12. The van der Waals surface area contributed by atoms with Gasteiger partial charge < -0.3 is 5.73 Å². The lowest BCUT2D eigenvalue weighted by Crippen LogP contribution is -1.99. The molecule has 3 heteroatoms. The molecule has 0 aliphatic heterocycles. The van der Waals surface area contributed by atoms with Gasteiger partial charge in [0.2, 0.25) is 0 Å². The Kier molecular flexibility index (Phi) is 1.95. The van der Waals surface area contributed by atoms with E-state index in [1.807, 2.05) is 12.1 Å². The maximum atomic E-state index is 5.85. The van der Waals surface area contributed by atoms with Gasteiger partial charge >= 0.3 is 0 Å². The van der Waals surface area contributed by atoms with E-state index in [1.54, 1.807) is 0 Å². The first-order valence-corrected chi connectivity index (χ1v) is 4.84. The summed E-state index contributed by atoms with van der Waals surface area (Å²) in [6.45, 7) is 6.32. The average Bonchev–Trinajstić information content (AvgIpc) is 2.46. The Balaban J connectivity index is 2.86. The molecule has 2 aromatic heterocycles. The maximum absolute atomic E-state index is 5.85. The zero-order chi connectivity index (χ0) is 10.3. The van der Waals surface area contributed by atoms with Gasteiger partial charge in [0.05, 0.1) is 5.52 Å². The van der Waals surface area contributed by atoms with Crippen molar-refractivity contribution in [1.29, 1.82) is 0 Å². The van der Waals surface area contributed by atoms with Crippen molar-refractivity contribution in [3.63, 3.8) is 0 Å². The fourth-order valence-electron chi connectivity index (χ4n) is 1.74. The minimum atomic E-state index is 0.390. The lowest BCUT2D eigenvalue weighted by atomic mass is 10.2. The molecule has 2 N–H and O–H groups in total. The van der Waals surface area contributed by atoms with Crippen LogP contribution in [0.3, 0.4) is 0 Å². The lowest BCUT2D eigenvalue weighted by Gasteiger charge is -2.06. The summed E-state index contributed by atoms with van der Waals surface area (Å²) < 4.78 is 2.12. The molecule has 0 amide bonds. The summed E-state index contributed by atoms with van der Waals surface area (Å²) in [6.07, 6.45) is 0. The van der Waals surface area contributed by atoms with Gasteiger partial charge in [0.15, 0.2) is 0 Å². The number of hydrogen-bond donors (Lipinski definition) is 1. The summed E-state index contributed by atoms with van der Waals surface area (Å²) in [5.41, 5.74) is 8.04. The molecule has 3 nitrogen and oxygen atoms in total. The molecule has 0 saturated carbocycles. The Morgan fingerprint density at radius 1 is 1.36 bits per heavy atom. The van der Waals surface area contributed by atoms with Crippen LogP contribution < -0.4 is 5.73 Å². The summed E-state index contributed by atoms with van der Waals surface area (Å²) in [5, 5.41) is 0. The number of hydrogen-bond acceptors (Lipinski definition) is 2. The van der Waals surface area contributed by atoms with E-state index in [-0.39, 0.29) is 0 Å². The Bertz CT molecular complexity index is 469. The zero-order valence-corrected chi connectivity index (χ0v) is 8.78. The van der Waals surface area contributed by atoms with Gasteiger partial charge in [-0.15, -0.1) is 0 Å². The van der Waals surface area contributed by atoms with E-state index in [2.05, 4.69) is 36.2 Å². The predicted molar refractivity (Wildman–Crippen MR) is 58.4 cm³/mol. The Morgan fingerprint density at radius 2 is 2.07 bits per heavy atom. The summed E-state index contributed by atoms with van der Waals surface area (Å²) in [7, 11) is 0. The first-order valence-electron chi connectivity index (χ1n) is 4.84. The van der Waals surface area contributed by atoms with Crippen molar-refractivity contribution in [3.8, 4) is 0 Å². The van der Waals surface area contributed by atoms with Crippen molar-refractivity contribution in [3.05, 3.63) is 29.7 Å². The van der Waals surface area contributed by atoms with Crippen LogP contribution in [0.2, 0.25) is 0 Å². The second-order valence-corrected chi connectivity index (χ2v) is 3.90. The highest BCUT2D eigenvalue weighted by Crippen LogP contribution is 2.22. The van der Waals surface area contributed by atoms with E-state index >= 15 is 0 Å². The van der Waals surface area contributed by atoms with Crippen LogP contribution in [-0.2, 0) is 0 Å². The van der Waals surface area contributed by atoms with E-state index in [1.165, 1.54) is 5.69 Å². The maximum Gasteiger partial charge on any atom is 0.149 e. The van der Waals surface area contributed by atoms with E-state index < -0.39 is 0 Å². The summed E-state index contributed by atoms with van der Waals surface area (Å²) in [6, 6.07) is 6.08. The van der Waals surface area contributed by atoms with Crippen molar-refractivity contribution in [1.82, 2.24) is 9.38 Å². The van der Waals surface area contributed by atoms with Gasteiger partial charge in [-0.05, 0) is 19.1 Å². The summed E-state index contributed by atoms with van der Waals surface area (Å²) in [4.78, 5) is 4.39. The number of nitrogen functional groups attached to an aromatic ring is 1. The number of rotatable bonds is 1. The van der Waals surface area contributed by atoms with Crippen LogP contribution in [0.25, 0.3) is 5.52 Å². The second-order valence-electron chi connectivity index (χ2n) is 3.90. The monoisotopic (exact) mass is 189 g/mol. The van der Waals surface area contributed by atoms with Gasteiger partial charge in [0.25, 0.3) is 0 Å². The highest BCUT2D eigenvalue weighted by molar-refractivity contribution is 5.67. The molecule has 0 radical (unpaired) electrons. The SMILES string of the molecule is Cc1cccc2c(N)nc(C(C)C)n12. The number of pyridine rings is 1. The van der Waals surface area contributed by atoms with Crippen LogP contribution in [0.5, 0.6) is 0 Å². The van der Waals surface area contributed by atoms with Crippen molar-refractivity contribution < 1.29 is 0 Å². The Morgan fingerprint density at radius 3 is 2.71 bits per heavy atom. The second kappa shape index (κ2) is 3.01. The molecule has 0 atom stereocenters. The molecular weight excluding hydrogens is 174 g/mol. The molecule has 2 aromatic rings. The van der Waals surface area contributed by atoms with Crippen molar-refractivity contribution >= 4 is 11.3 Å². The molecule has 74 valence electrons. The summed E-state index contributed by atoms with van der Waals surface area (Å²) in [5.74, 6) is 2.05. The van der Waals surface area contributed by atoms with Crippen molar-refractivity contribution in [2.75, 3.05) is 5.73 Å². The topological polar surface area (TPSA) is 43.3 Å². The van der Waals surface area contributed by atoms with Crippen LogP contribution in [0, 0.1) is 6.92 Å². The molecular formula is C11H15N3. The molecule has 0 aromatic carbocycles.